The van der Waals surface area contributed by atoms with Crippen molar-refractivity contribution in [3.8, 4) is 22.6 Å². The fourth-order valence-corrected chi connectivity index (χ4v) is 5.17. The molecule has 1 aromatic heterocycles. The van der Waals surface area contributed by atoms with E-state index in [2.05, 4.69) is 74.5 Å². The van der Waals surface area contributed by atoms with Gasteiger partial charge in [0.1, 0.15) is 5.52 Å². The maximum atomic E-state index is 6.10. The average molecular weight is 438 g/mol. The largest absolute Gasteiger partial charge is 0.436 e. The molecule has 1 atom stereocenters. The van der Waals surface area contributed by atoms with Gasteiger partial charge in [-0.05, 0) is 83.7 Å². The Labute approximate surface area is 198 Å². The molecule has 0 saturated heterocycles. The summed E-state index contributed by atoms with van der Waals surface area (Å²) < 4.78 is 6.10. The van der Waals surface area contributed by atoms with Crippen LogP contribution >= 0.6 is 0 Å². The number of nitrogens with zero attached hydrogens (tertiary/aromatic N) is 1. The van der Waals surface area contributed by atoms with E-state index in [1.54, 1.807) is 0 Å². The van der Waals surface area contributed by atoms with Gasteiger partial charge in [0, 0.05) is 5.56 Å². The Kier molecular flexibility index (Phi) is 6.62. The number of aryl methyl sites for hydroxylation is 1. The molecule has 1 aliphatic carbocycles. The zero-order chi connectivity index (χ0) is 22.6. The third-order valence-electron chi connectivity index (χ3n) is 7.08. The van der Waals surface area contributed by atoms with E-state index in [4.69, 9.17) is 9.40 Å². The number of unbranched alkanes of at least 4 members (excludes halogenated alkanes) is 5. The van der Waals surface area contributed by atoms with Crippen LogP contribution in [0.3, 0.4) is 0 Å². The van der Waals surface area contributed by atoms with Crippen LogP contribution in [0.2, 0.25) is 0 Å². The van der Waals surface area contributed by atoms with Crippen LogP contribution in [0.15, 0.2) is 65.1 Å². The molecular formula is C31H35NO. The molecule has 1 heterocycles. The van der Waals surface area contributed by atoms with Crippen molar-refractivity contribution in [3.05, 3.63) is 77.4 Å². The van der Waals surface area contributed by atoms with Crippen molar-refractivity contribution in [2.24, 2.45) is 5.92 Å². The minimum absolute atomic E-state index is 0.705. The van der Waals surface area contributed by atoms with Crippen LogP contribution < -0.4 is 0 Å². The van der Waals surface area contributed by atoms with E-state index in [0.29, 0.717) is 5.89 Å². The van der Waals surface area contributed by atoms with Gasteiger partial charge in [0.05, 0.1) is 0 Å². The molecule has 3 aromatic carbocycles. The summed E-state index contributed by atoms with van der Waals surface area (Å²) in [4.78, 5) is 4.82. The van der Waals surface area contributed by atoms with Crippen LogP contribution in [-0.4, -0.2) is 4.98 Å². The predicted octanol–water partition coefficient (Wildman–Crippen LogP) is 8.80. The molecule has 2 nitrogen and oxygen atoms in total. The number of fused-ring (bicyclic) bond motifs is 2. The van der Waals surface area contributed by atoms with E-state index in [-0.39, 0.29) is 0 Å². The fourth-order valence-electron chi connectivity index (χ4n) is 5.17. The van der Waals surface area contributed by atoms with Crippen LogP contribution in [0.25, 0.3) is 33.7 Å². The number of benzene rings is 3. The van der Waals surface area contributed by atoms with Crippen LogP contribution in [0.1, 0.15) is 69.1 Å². The van der Waals surface area contributed by atoms with Gasteiger partial charge >= 0.3 is 0 Å². The van der Waals surface area contributed by atoms with E-state index in [1.165, 1.54) is 79.2 Å². The first-order valence-electron chi connectivity index (χ1n) is 12.8. The second-order valence-corrected chi connectivity index (χ2v) is 9.91. The van der Waals surface area contributed by atoms with Gasteiger partial charge in [0.15, 0.2) is 5.58 Å². The molecule has 5 rings (SSSR count). The summed E-state index contributed by atoms with van der Waals surface area (Å²) in [5.74, 6) is 1.46. The first kappa shape index (κ1) is 21.9. The van der Waals surface area contributed by atoms with Crippen molar-refractivity contribution in [2.45, 2.75) is 71.6 Å². The van der Waals surface area contributed by atoms with Gasteiger partial charge in [-0.3, -0.25) is 0 Å². The Morgan fingerprint density at radius 2 is 1.45 bits per heavy atom. The first-order valence-corrected chi connectivity index (χ1v) is 12.8. The average Bonchev–Trinajstić information content (AvgIpc) is 3.43. The Balaban J connectivity index is 1.28. The molecule has 33 heavy (non-hydrogen) atoms. The normalized spacial score (nSPS) is 15.3. The molecule has 0 radical (unpaired) electrons. The van der Waals surface area contributed by atoms with E-state index in [0.717, 1.165) is 29.0 Å². The Hall–Kier alpha value is -2.87. The zero-order valence-electron chi connectivity index (χ0n) is 20.1. The van der Waals surface area contributed by atoms with Crippen molar-refractivity contribution in [2.75, 3.05) is 0 Å². The minimum atomic E-state index is 0.705. The Bertz CT molecular complexity index is 1220. The summed E-state index contributed by atoms with van der Waals surface area (Å²) in [6.07, 6.45) is 11.6. The molecule has 4 aromatic rings. The Morgan fingerprint density at radius 3 is 2.30 bits per heavy atom. The number of rotatable bonds is 9. The van der Waals surface area contributed by atoms with Crippen LogP contribution in [0, 0.1) is 5.92 Å². The zero-order valence-corrected chi connectivity index (χ0v) is 20.1. The number of aromatic nitrogens is 1. The molecule has 0 fully saturated rings. The maximum absolute atomic E-state index is 6.10. The van der Waals surface area contributed by atoms with E-state index in [1.807, 2.05) is 0 Å². The van der Waals surface area contributed by atoms with Crippen molar-refractivity contribution in [1.29, 1.82) is 0 Å². The predicted molar refractivity (Wildman–Crippen MR) is 139 cm³/mol. The standard InChI is InChI=1S/C31H35NO/c1-3-4-5-6-7-8-9-23-10-12-24(13-11-23)31-32-29-21-27(16-17-30(29)33-31)26-15-14-25-18-22(2)19-28(25)20-26/h10-17,20-22H,3-9,18-19H2,1-2H3. The topological polar surface area (TPSA) is 26.0 Å². The summed E-state index contributed by atoms with van der Waals surface area (Å²) in [5.41, 5.74) is 9.71. The third-order valence-corrected chi connectivity index (χ3v) is 7.08. The third kappa shape index (κ3) is 5.05. The quantitative estimate of drug-likeness (QED) is 0.244. The molecule has 1 aliphatic rings. The molecule has 0 aliphatic heterocycles. The van der Waals surface area contributed by atoms with E-state index < -0.39 is 0 Å². The van der Waals surface area contributed by atoms with Crippen LogP contribution in [0.5, 0.6) is 0 Å². The second-order valence-electron chi connectivity index (χ2n) is 9.91. The highest BCUT2D eigenvalue weighted by Crippen LogP contribution is 2.33. The van der Waals surface area contributed by atoms with Crippen molar-refractivity contribution in [3.63, 3.8) is 0 Å². The number of hydrogen-bond donors (Lipinski definition) is 0. The molecule has 0 saturated carbocycles. The summed E-state index contributed by atoms with van der Waals surface area (Å²) in [5, 5.41) is 0. The molecule has 0 N–H and O–H groups in total. The van der Waals surface area contributed by atoms with Gasteiger partial charge in [-0.1, -0.05) is 82.3 Å². The summed E-state index contributed by atoms with van der Waals surface area (Å²) in [7, 11) is 0. The minimum Gasteiger partial charge on any atom is -0.436 e. The van der Waals surface area contributed by atoms with Crippen molar-refractivity contribution < 1.29 is 4.42 Å². The van der Waals surface area contributed by atoms with E-state index in [9.17, 15) is 0 Å². The Morgan fingerprint density at radius 1 is 0.758 bits per heavy atom. The fraction of sp³-hybridized carbons (Fsp3) is 0.387. The second kappa shape index (κ2) is 9.95. The van der Waals surface area contributed by atoms with Crippen molar-refractivity contribution in [1.82, 2.24) is 4.98 Å². The van der Waals surface area contributed by atoms with Gasteiger partial charge in [-0.15, -0.1) is 0 Å². The SMILES string of the molecule is CCCCCCCCc1ccc(-c2nc3cc(-c4ccc5c(c4)CC(C)C5)ccc3o2)cc1. The molecule has 0 bridgehead atoms. The lowest BCUT2D eigenvalue weighted by Crippen LogP contribution is -1.89. The number of hydrogen-bond acceptors (Lipinski definition) is 2. The van der Waals surface area contributed by atoms with Crippen molar-refractivity contribution >= 4 is 11.1 Å². The molecule has 0 amide bonds. The lowest BCUT2D eigenvalue weighted by atomic mass is 10.0. The van der Waals surface area contributed by atoms with Crippen LogP contribution in [0.4, 0.5) is 0 Å². The highest BCUT2D eigenvalue weighted by Gasteiger charge is 2.18. The summed E-state index contributed by atoms with van der Waals surface area (Å²) >= 11 is 0. The van der Waals surface area contributed by atoms with E-state index >= 15 is 0 Å². The highest BCUT2D eigenvalue weighted by molar-refractivity contribution is 5.82. The van der Waals surface area contributed by atoms with Gasteiger partial charge < -0.3 is 4.42 Å². The monoisotopic (exact) mass is 437 g/mol. The molecule has 0 spiro atoms. The molecular weight excluding hydrogens is 402 g/mol. The molecule has 2 heteroatoms. The van der Waals surface area contributed by atoms with Gasteiger partial charge in [0.2, 0.25) is 5.89 Å². The molecule has 170 valence electrons. The summed E-state index contributed by atoms with van der Waals surface area (Å²) in [6, 6.07) is 22.1. The summed E-state index contributed by atoms with van der Waals surface area (Å²) in [6.45, 7) is 4.61. The lowest BCUT2D eigenvalue weighted by molar-refractivity contribution is 0.607. The first-order chi connectivity index (χ1) is 16.2. The maximum Gasteiger partial charge on any atom is 0.227 e. The van der Waals surface area contributed by atoms with Crippen LogP contribution in [-0.2, 0) is 19.3 Å². The van der Waals surface area contributed by atoms with Gasteiger partial charge in [0.25, 0.3) is 0 Å². The van der Waals surface area contributed by atoms with Gasteiger partial charge in [-0.2, -0.15) is 0 Å². The highest BCUT2D eigenvalue weighted by atomic mass is 16.3. The number of oxazole rings is 1. The molecule has 1 unspecified atom stereocenters. The van der Waals surface area contributed by atoms with Gasteiger partial charge in [-0.25, -0.2) is 4.98 Å². The lowest BCUT2D eigenvalue weighted by Gasteiger charge is -2.05. The smallest absolute Gasteiger partial charge is 0.227 e.